The minimum atomic E-state index is 0.609. The van der Waals surface area contributed by atoms with Gasteiger partial charge in [0, 0.05) is 6.20 Å². The normalized spacial score (nSPS) is 10.8. The number of halogens is 1. The molecule has 2 aromatic heterocycles. The lowest BCUT2D eigenvalue weighted by molar-refractivity contribution is 0.551. The van der Waals surface area contributed by atoms with E-state index in [4.69, 9.17) is 10.2 Å². The second kappa shape index (κ2) is 4.93. The largest absolute Gasteiger partial charge is 0.448 e. The van der Waals surface area contributed by atoms with Gasteiger partial charge in [0.15, 0.2) is 16.1 Å². The summed E-state index contributed by atoms with van der Waals surface area (Å²) in [6.45, 7) is 0.687. The Kier molecular flexibility index (Phi) is 3.13. The molecule has 2 heterocycles. The summed E-state index contributed by atoms with van der Waals surface area (Å²) in [7, 11) is 0. The number of anilines is 1. The zero-order valence-corrected chi connectivity index (χ0v) is 11.7. The second-order valence-electron chi connectivity index (χ2n) is 4.22. The molecule has 4 nitrogen and oxygen atoms in total. The maximum atomic E-state index is 5.98. The van der Waals surface area contributed by atoms with Gasteiger partial charge in [0.2, 0.25) is 0 Å². The molecule has 19 heavy (non-hydrogen) atoms. The molecule has 96 valence electrons. The molecule has 0 bridgehead atoms. The van der Waals surface area contributed by atoms with E-state index in [1.165, 1.54) is 5.56 Å². The van der Waals surface area contributed by atoms with Crippen molar-refractivity contribution in [1.82, 2.24) is 9.78 Å². The lowest BCUT2D eigenvalue weighted by atomic mass is 10.2. The summed E-state index contributed by atoms with van der Waals surface area (Å²) in [4.78, 5) is 0. The smallest absolute Gasteiger partial charge is 0.169 e. The fourth-order valence-electron chi connectivity index (χ4n) is 1.92. The van der Waals surface area contributed by atoms with Gasteiger partial charge in [-0.2, -0.15) is 5.10 Å². The third-order valence-corrected chi connectivity index (χ3v) is 3.21. The van der Waals surface area contributed by atoms with Crippen LogP contribution in [0.25, 0.3) is 11.5 Å². The average molecular weight is 318 g/mol. The molecule has 0 saturated carbocycles. The third kappa shape index (κ3) is 2.56. The maximum Gasteiger partial charge on any atom is 0.169 e. The second-order valence-corrected chi connectivity index (χ2v) is 5.00. The van der Waals surface area contributed by atoms with Gasteiger partial charge in [-0.3, -0.25) is 4.68 Å². The summed E-state index contributed by atoms with van der Waals surface area (Å²) in [6.07, 6.45) is 1.82. The van der Waals surface area contributed by atoms with Crippen LogP contribution in [0.2, 0.25) is 0 Å². The van der Waals surface area contributed by atoms with Crippen LogP contribution in [0.1, 0.15) is 5.56 Å². The summed E-state index contributed by atoms with van der Waals surface area (Å²) in [5.74, 6) is 0.663. The van der Waals surface area contributed by atoms with Crippen LogP contribution < -0.4 is 5.73 Å². The Balaban J connectivity index is 1.89. The van der Waals surface area contributed by atoms with Gasteiger partial charge in [-0.1, -0.05) is 30.3 Å². The number of hydrogen-bond donors (Lipinski definition) is 1. The van der Waals surface area contributed by atoms with Gasteiger partial charge in [0.1, 0.15) is 0 Å². The Morgan fingerprint density at radius 1 is 1.16 bits per heavy atom. The number of furan rings is 1. The van der Waals surface area contributed by atoms with E-state index in [-0.39, 0.29) is 0 Å². The van der Waals surface area contributed by atoms with Crippen LogP contribution in [-0.2, 0) is 6.54 Å². The maximum absolute atomic E-state index is 5.98. The van der Waals surface area contributed by atoms with Crippen LogP contribution >= 0.6 is 15.9 Å². The molecule has 0 atom stereocenters. The van der Waals surface area contributed by atoms with Crippen molar-refractivity contribution in [2.24, 2.45) is 0 Å². The topological polar surface area (TPSA) is 57.0 Å². The fourth-order valence-corrected chi connectivity index (χ4v) is 2.23. The Morgan fingerprint density at radius 2 is 1.95 bits per heavy atom. The van der Waals surface area contributed by atoms with Crippen molar-refractivity contribution in [3.05, 3.63) is 58.9 Å². The molecule has 0 aliphatic carbocycles. The predicted molar refractivity (Wildman–Crippen MR) is 77.6 cm³/mol. The van der Waals surface area contributed by atoms with Crippen LogP contribution in [0.5, 0.6) is 0 Å². The molecule has 0 aliphatic heterocycles. The van der Waals surface area contributed by atoms with Crippen LogP contribution in [0, 0.1) is 0 Å². The van der Waals surface area contributed by atoms with E-state index in [2.05, 4.69) is 33.2 Å². The predicted octanol–water partition coefficient (Wildman–Crippen LogP) is 3.54. The molecule has 0 fully saturated rings. The van der Waals surface area contributed by atoms with Gasteiger partial charge in [-0.25, -0.2) is 0 Å². The number of hydrogen-bond acceptors (Lipinski definition) is 3. The van der Waals surface area contributed by atoms with Gasteiger partial charge in [0.05, 0.1) is 12.2 Å². The van der Waals surface area contributed by atoms with Crippen molar-refractivity contribution in [2.45, 2.75) is 6.54 Å². The Hall–Kier alpha value is -2.01. The van der Waals surface area contributed by atoms with Crippen LogP contribution in [-0.4, -0.2) is 9.78 Å². The number of nitrogens with two attached hydrogens (primary N) is 1. The van der Waals surface area contributed by atoms with Gasteiger partial charge in [-0.15, -0.1) is 0 Å². The van der Waals surface area contributed by atoms with Gasteiger partial charge < -0.3 is 10.2 Å². The summed E-state index contributed by atoms with van der Waals surface area (Å²) in [5.41, 5.74) is 8.43. The van der Waals surface area contributed by atoms with E-state index >= 15 is 0 Å². The first-order chi connectivity index (χ1) is 9.22. The number of aromatic nitrogens is 2. The SMILES string of the molecule is Nc1cn(Cc2ccccc2)nc1-c1ccc(Br)o1. The van der Waals surface area contributed by atoms with Crippen LogP contribution in [0.3, 0.4) is 0 Å². The Morgan fingerprint density at radius 3 is 2.63 bits per heavy atom. The van der Waals surface area contributed by atoms with E-state index in [0.29, 0.717) is 28.4 Å². The molecule has 3 rings (SSSR count). The highest BCUT2D eigenvalue weighted by molar-refractivity contribution is 9.10. The zero-order chi connectivity index (χ0) is 13.2. The first-order valence-corrected chi connectivity index (χ1v) is 6.64. The quantitative estimate of drug-likeness (QED) is 0.803. The van der Waals surface area contributed by atoms with Crippen molar-refractivity contribution < 1.29 is 4.42 Å². The van der Waals surface area contributed by atoms with Crippen molar-refractivity contribution in [1.29, 1.82) is 0 Å². The molecule has 0 saturated heterocycles. The molecule has 0 amide bonds. The van der Waals surface area contributed by atoms with E-state index in [0.717, 1.165) is 0 Å². The number of nitrogens with zero attached hydrogens (tertiary/aromatic N) is 2. The molecular weight excluding hydrogens is 306 g/mol. The van der Waals surface area contributed by atoms with Crippen LogP contribution in [0.4, 0.5) is 5.69 Å². The standard InChI is InChI=1S/C14H12BrN3O/c15-13-7-6-12(19-13)14-11(16)9-18(17-14)8-10-4-2-1-3-5-10/h1-7,9H,8,16H2. The molecule has 3 aromatic rings. The monoisotopic (exact) mass is 317 g/mol. The van der Waals surface area contributed by atoms with E-state index in [1.54, 1.807) is 0 Å². The van der Waals surface area contributed by atoms with E-state index < -0.39 is 0 Å². The summed E-state index contributed by atoms with van der Waals surface area (Å²) >= 11 is 3.27. The van der Waals surface area contributed by atoms with Gasteiger partial charge >= 0.3 is 0 Å². The average Bonchev–Trinajstić information content (AvgIpc) is 2.97. The molecule has 1 aromatic carbocycles. The summed E-state index contributed by atoms with van der Waals surface area (Å²) in [5, 5.41) is 4.47. The molecular formula is C14H12BrN3O. The van der Waals surface area contributed by atoms with E-state index in [9.17, 15) is 0 Å². The fraction of sp³-hybridized carbons (Fsp3) is 0.0714. The first kappa shape index (κ1) is 12.0. The summed E-state index contributed by atoms with van der Waals surface area (Å²) < 4.78 is 7.96. The van der Waals surface area contributed by atoms with Crippen molar-refractivity contribution in [3.8, 4) is 11.5 Å². The highest BCUT2D eigenvalue weighted by atomic mass is 79.9. The molecule has 0 aliphatic rings. The number of nitrogen functional groups attached to an aromatic ring is 1. The van der Waals surface area contributed by atoms with E-state index in [1.807, 2.05) is 41.2 Å². The Labute approximate surface area is 119 Å². The van der Waals surface area contributed by atoms with Crippen molar-refractivity contribution in [3.63, 3.8) is 0 Å². The minimum absolute atomic E-state index is 0.609. The highest BCUT2D eigenvalue weighted by Crippen LogP contribution is 2.28. The zero-order valence-electron chi connectivity index (χ0n) is 10.1. The van der Waals surface area contributed by atoms with Crippen molar-refractivity contribution >= 4 is 21.6 Å². The number of benzene rings is 1. The van der Waals surface area contributed by atoms with Gasteiger partial charge in [-0.05, 0) is 33.6 Å². The molecule has 5 heteroatoms. The lowest BCUT2D eigenvalue weighted by Gasteiger charge is -2.00. The molecule has 0 spiro atoms. The van der Waals surface area contributed by atoms with Crippen molar-refractivity contribution in [2.75, 3.05) is 5.73 Å². The molecule has 0 radical (unpaired) electrons. The minimum Gasteiger partial charge on any atom is -0.448 e. The summed E-state index contributed by atoms with van der Waals surface area (Å²) in [6, 6.07) is 13.8. The van der Waals surface area contributed by atoms with Crippen LogP contribution in [0.15, 0.2) is 57.7 Å². The third-order valence-electron chi connectivity index (χ3n) is 2.78. The highest BCUT2D eigenvalue weighted by Gasteiger charge is 2.12. The van der Waals surface area contributed by atoms with Gasteiger partial charge in [0.25, 0.3) is 0 Å². The first-order valence-electron chi connectivity index (χ1n) is 5.85. The molecule has 2 N–H and O–H groups in total. The lowest BCUT2D eigenvalue weighted by Crippen LogP contribution is -1.99. The molecule has 0 unspecified atom stereocenters. The Bertz CT molecular complexity index is 688. The number of rotatable bonds is 3.